The fourth-order valence-corrected chi connectivity index (χ4v) is 1.94. The minimum Gasteiger partial charge on any atom is -0.392 e. The predicted octanol–water partition coefficient (Wildman–Crippen LogP) is 3.31. The second-order valence-corrected chi connectivity index (χ2v) is 5.76. The minimum atomic E-state index is -0.0118. The summed E-state index contributed by atoms with van der Waals surface area (Å²) in [5.41, 5.74) is 2.10. The second kappa shape index (κ2) is 5.07. The van der Waals surface area contributed by atoms with Crippen molar-refractivity contribution in [2.75, 3.05) is 18.5 Å². The SMILES string of the molecule is CN(CC(C)(C)C)c1ccc(CO)c(Cl)c1. The molecular weight excluding hydrogens is 222 g/mol. The molecule has 0 saturated carbocycles. The average molecular weight is 242 g/mol. The van der Waals surface area contributed by atoms with Crippen LogP contribution in [0, 0.1) is 5.41 Å². The summed E-state index contributed by atoms with van der Waals surface area (Å²) in [5.74, 6) is 0. The van der Waals surface area contributed by atoms with Crippen molar-refractivity contribution in [2.45, 2.75) is 27.4 Å². The molecule has 0 aliphatic rings. The summed E-state index contributed by atoms with van der Waals surface area (Å²) in [6, 6.07) is 5.76. The van der Waals surface area contributed by atoms with Crippen LogP contribution in [-0.4, -0.2) is 18.7 Å². The number of hydrogen-bond donors (Lipinski definition) is 1. The molecule has 0 saturated heterocycles. The van der Waals surface area contributed by atoms with Crippen molar-refractivity contribution in [3.63, 3.8) is 0 Å². The molecule has 1 aromatic rings. The summed E-state index contributed by atoms with van der Waals surface area (Å²) >= 11 is 6.06. The quantitative estimate of drug-likeness (QED) is 0.878. The van der Waals surface area contributed by atoms with Crippen LogP contribution in [0.25, 0.3) is 0 Å². The highest BCUT2D eigenvalue weighted by Crippen LogP contribution is 2.25. The van der Waals surface area contributed by atoms with E-state index < -0.39 is 0 Å². The Morgan fingerprint density at radius 2 is 1.94 bits per heavy atom. The molecule has 16 heavy (non-hydrogen) atoms. The maximum absolute atomic E-state index is 9.04. The van der Waals surface area contributed by atoms with Gasteiger partial charge in [-0.25, -0.2) is 0 Å². The summed E-state index contributed by atoms with van der Waals surface area (Å²) in [7, 11) is 2.05. The van der Waals surface area contributed by atoms with E-state index in [0.29, 0.717) is 5.02 Å². The highest BCUT2D eigenvalue weighted by molar-refractivity contribution is 6.31. The molecule has 0 aliphatic heterocycles. The molecule has 0 amide bonds. The Hall–Kier alpha value is -0.730. The molecule has 0 radical (unpaired) electrons. The van der Waals surface area contributed by atoms with Gasteiger partial charge in [-0.3, -0.25) is 0 Å². The van der Waals surface area contributed by atoms with Gasteiger partial charge < -0.3 is 10.0 Å². The van der Waals surface area contributed by atoms with Crippen LogP contribution >= 0.6 is 11.6 Å². The summed E-state index contributed by atoms with van der Waals surface area (Å²) in [6.07, 6.45) is 0. The molecule has 0 unspecified atom stereocenters. The zero-order valence-corrected chi connectivity index (χ0v) is 11.2. The lowest BCUT2D eigenvalue weighted by atomic mass is 9.96. The smallest absolute Gasteiger partial charge is 0.0696 e. The number of hydrogen-bond acceptors (Lipinski definition) is 2. The number of nitrogens with zero attached hydrogens (tertiary/aromatic N) is 1. The van der Waals surface area contributed by atoms with E-state index in [0.717, 1.165) is 17.8 Å². The third-order valence-electron chi connectivity index (χ3n) is 2.36. The molecule has 0 atom stereocenters. The molecule has 1 rings (SSSR count). The van der Waals surface area contributed by atoms with Crippen LogP contribution in [0.15, 0.2) is 18.2 Å². The first-order chi connectivity index (χ1) is 7.33. The van der Waals surface area contributed by atoms with Crippen LogP contribution in [0.4, 0.5) is 5.69 Å². The fraction of sp³-hybridized carbons (Fsp3) is 0.538. The third kappa shape index (κ3) is 3.69. The van der Waals surface area contributed by atoms with Crippen LogP contribution in [0.3, 0.4) is 0 Å². The van der Waals surface area contributed by atoms with E-state index in [1.54, 1.807) is 0 Å². The van der Waals surface area contributed by atoms with E-state index in [1.807, 2.05) is 18.2 Å². The molecule has 1 N–H and O–H groups in total. The van der Waals surface area contributed by atoms with Crippen molar-refractivity contribution in [1.82, 2.24) is 0 Å². The topological polar surface area (TPSA) is 23.5 Å². The first-order valence-corrected chi connectivity index (χ1v) is 5.82. The van der Waals surface area contributed by atoms with Crippen LogP contribution in [-0.2, 0) is 6.61 Å². The largest absolute Gasteiger partial charge is 0.392 e. The Bertz CT molecular complexity index is 357. The zero-order valence-electron chi connectivity index (χ0n) is 10.4. The Labute approximate surface area is 103 Å². The zero-order chi connectivity index (χ0) is 12.3. The Kier molecular flexibility index (Phi) is 4.22. The number of benzene rings is 1. The van der Waals surface area contributed by atoms with Gasteiger partial charge in [-0.15, -0.1) is 0 Å². The van der Waals surface area contributed by atoms with Gasteiger partial charge in [-0.05, 0) is 23.1 Å². The van der Waals surface area contributed by atoms with E-state index in [2.05, 4.69) is 32.7 Å². The molecule has 0 aromatic heterocycles. The van der Waals surface area contributed by atoms with E-state index in [1.165, 1.54) is 0 Å². The average Bonchev–Trinajstić information content (AvgIpc) is 2.15. The standard InChI is InChI=1S/C13H20ClNO/c1-13(2,3)9-15(4)11-6-5-10(8-16)12(14)7-11/h5-7,16H,8-9H2,1-4H3. The van der Waals surface area contributed by atoms with Gasteiger partial charge in [0.1, 0.15) is 0 Å². The van der Waals surface area contributed by atoms with Crippen LogP contribution in [0.1, 0.15) is 26.3 Å². The molecule has 0 heterocycles. The second-order valence-electron chi connectivity index (χ2n) is 5.35. The van der Waals surface area contributed by atoms with Gasteiger partial charge in [0.05, 0.1) is 6.61 Å². The predicted molar refractivity (Wildman–Crippen MR) is 70.1 cm³/mol. The van der Waals surface area contributed by atoms with Gasteiger partial charge in [0.25, 0.3) is 0 Å². The van der Waals surface area contributed by atoms with Crippen molar-refractivity contribution in [1.29, 1.82) is 0 Å². The van der Waals surface area contributed by atoms with Crippen molar-refractivity contribution >= 4 is 17.3 Å². The molecule has 0 bridgehead atoms. The van der Waals surface area contributed by atoms with Gasteiger partial charge in [-0.2, -0.15) is 0 Å². The molecule has 0 spiro atoms. The lowest BCUT2D eigenvalue weighted by Crippen LogP contribution is -2.29. The summed E-state index contributed by atoms with van der Waals surface area (Å²) in [5, 5.41) is 9.66. The van der Waals surface area contributed by atoms with Gasteiger partial charge in [0.2, 0.25) is 0 Å². The minimum absolute atomic E-state index is 0.0118. The van der Waals surface area contributed by atoms with Crippen LogP contribution < -0.4 is 4.90 Å². The molecular formula is C13H20ClNO. The molecule has 0 fully saturated rings. The van der Waals surface area contributed by atoms with E-state index in [-0.39, 0.29) is 12.0 Å². The van der Waals surface area contributed by atoms with Gasteiger partial charge >= 0.3 is 0 Å². The summed E-state index contributed by atoms with van der Waals surface area (Å²) < 4.78 is 0. The van der Waals surface area contributed by atoms with E-state index in [4.69, 9.17) is 16.7 Å². The maximum Gasteiger partial charge on any atom is 0.0696 e. The number of rotatable bonds is 3. The number of halogens is 1. The van der Waals surface area contributed by atoms with Gasteiger partial charge in [0, 0.05) is 24.3 Å². The third-order valence-corrected chi connectivity index (χ3v) is 2.71. The van der Waals surface area contributed by atoms with E-state index >= 15 is 0 Å². The number of anilines is 1. The molecule has 3 heteroatoms. The normalized spacial score (nSPS) is 11.6. The molecule has 1 aromatic carbocycles. The first-order valence-electron chi connectivity index (χ1n) is 5.44. The number of aliphatic hydroxyl groups excluding tert-OH is 1. The van der Waals surface area contributed by atoms with Crippen LogP contribution in [0.2, 0.25) is 5.02 Å². The lowest BCUT2D eigenvalue weighted by Gasteiger charge is -2.28. The van der Waals surface area contributed by atoms with Gasteiger partial charge in [0.15, 0.2) is 0 Å². The highest BCUT2D eigenvalue weighted by atomic mass is 35.5. The summed E-state index contributed by atoms with van der Waals surface area (Å²) in [4.78, 5) is 2.17. The molecule has 0 aliphatic carbocycles. The lowest BCUT2D eigenvalue weighted by molar-refractivity contribution is 0.282. The molecule has 90 valence electrons. The van der Waals surface area contributed by atoms with Crippen molar-refractivity contribution in [2.24, 2.45) is 5.41 Å². The van der Waals surface area contributed by atoms with E-state index in [9.17, 15) is 0 Å². The monoisotopic (exact) mass is 241 g/mol. The number of aliphatic hydroxyl groups is 1. The van der Waals surface area contributed by atoms with Gasteiger partial charge in [-0.1, -0.05) is 38.4 Å². The molecule has 2 nitrogen and oxygen atoms in total. The van der Waals surface area contributed by atoms with Crippen molar-refractivity contribution < 1.29 is 5.11 Å². The highest BCUT2D eigenvalue weighted by Gasteiger charge is 2.14. The summed E-state index contributed by atoms with van der Waals surface area (Å²) in [6.45, 7) is 7.55. The first kappa shape index (κ1) is 13.3. The Balaban J connectivity index is 2.85. The maximum atomic E-state index is 9.04. The fourth-order valence-electron chi connectivity index (χ4n) is 1.70. The Morgan fingerprint density at radius 3 is 2.38 bits per heavy atom. The van der Waals surface area contributed by atoms with Crippen molar-refractivity contribution in [3.05, 3.63) is 28.8 Å². The van der Waals surface area contributed by atoms with Crippen LogP contribution in [0.5, 0.6) is 0 Å². The Morgan fingerprint density at radius 1 is 1.31 bits per heavy atom. The van der Waals surface area contributed by atoms with Crippen molar-refractivity contribution in [3.8, 4) is 0 Å².